The summed E-state index contributed by atoms with van der Waals surface area (Å²) in [7, 11) is 1.75. The zero-order valence-corrected chi connectivity index (χ0v) is 13.0. The summed E-state index contributed by atoms with van der Waals surface area (Å²) in [5.41, 5.74) is 5.52. The molecule has 0 spiro atoms. The summed E-state index contributed by atoms with van der Waals surface area (Å²) in [6.45, 7) is 3.84. The summed E-state index contributed by atoms with van der Waals surface area (Å²) >= 11 is 0. The molecule has 0 radical (unpaired) electrons. The smallest absolute Gasteiger partial charge is 0.0587 e. The van der Waals surface area contributed by atoms with E-state index < -0.39 is 0 Å². The van der Waals surface area contributed by atoms with Gasteiger partial charge in [0.1, 0.15) is 0 Å². The van der Waals surface area contributed by atoms with E-state index in [1.54, 1.807) is 7.11 Å². The van der Waals surface area contributed by atoms with Crippen molar-refractivity contribution in [3.8, 4) is 0 Å². The summed E-state index contributed by atoms with van der Waals surface area (Å²) in [5, 5.41) is 5.01. The van der Waals surface area contributed by atoms with Crippen LogP contribution in [0.5, 0.6) is 0 Å². The predicted molar refractivity (Wildman–Crippen MR) is 85.8 cm³/mol. The van der Waals surface area contributed by atoms with Crippen LogP contribution in [0, 0.1) is 6.92 Å². The van der Waals surface area contributed by atoms with Gasteiger partial charge in [0.25, 0.3) is 0 Å². The molecule has 1 aliphatic carbocycles. The molecule has 4 heteroatoms. The van der Waals surface area contributed by atoms with Gasteiger partial charge in [-0.2, -0.15) is 0 Å². The molecule has 110 valence electrons. The Hall–Kier alpha value is -1.03. The van der Waals surface area contributed by atoms with Crippen LogP contribution >= 0.6 is 12.4 Å². The van der Waals surface area contributed by atoms with E-state index in [0.717, 1.165) is 13.2 Å². The van der Waals surface area contributed by atoms with Gasteiger partial charge in [0.2, 0.25) is 0 Å². The number of rotatable bonds is 4. The lowest BCUT2D eigenvalue weighted by Crippen LogP contribution is -2.28. The Bertz CT molecular complexity index is 579. The van der Waals surface area contributed by atoms with Crippen molar-refractivity contribution in [3.05, 3.63) is 35.0 Å². The highest BCUT2D eigenvalue weighted by Gasteiger charge is 2.23. The highest BCUT2D eigenvalue weighted by atomic mass is 35.5. The molecule has 0 bridgehead atoms. The molecule has 1 heterocycles. The van der Waals surface area contributed by atoms with Gasteiger partial charge in [0.05, 0.1) is 6.61 Å². The molecule has 1 atom stereocenters. The highest BCUT2D eigenvalue weighted by molar-refractivity contribution is 5.86. The van der Waals surface area contributed by atoms with E-state index >= 15 is 0 Å². The molecule has 1 unspecified atom stereocenters. The number of hydrogen-bond acceptors (Lipinski definition) is 2. The molecule has 1 aromatic heterocycles. The maximum atomic E-state index is 5.12. The number of aromatic amines is 1. The lowest BCUT2D eigenvalue weighted by Gasteiger charge is -2.23. The summed E-state index contributed by atoms with van der Waals surface area (Å²) in [4.78, 5) is 3.62. The molecule has 3 rings (SSSR count). The summed E-state index contributed by atoms with van der Waals surface area (Å²) in [6, 6.07) is 7.14. The van der Waals surface area contributed by atoms with E-state index in [4.69, 9.17) is 4.74 Å². The summed E-state index contributed by atoms with van der Waals surface area (Å²) in [6.07, 6.45) is 3.67. The van der Waals surface area contributed by atoms with Gasteiger partial charge < -0.3 is 15.0 Å². The Kier molecular flexibility index (Phi) is 5.08. The number of benzene rings is 1. The molecule has 0 fully saturated rings. The number of fused-ring (bicyclic) bond motifs is 3. The number of H-pyrrole nitrogens is 1. The molecule has 0 aliphatic heterocycles. The Morgan fingerprint density at radius 1 is 1.40 bits per heavy atom. The highest BCUT2D eigenvalue weighted by Crippen LogP contribution is 2.34. The molecular formula is C16H23ClN2O. The first-order valence-electron chi connectivity index (χ1n) is 7.13. The van der Waals surface area contributed by atoms with Crippen molar-refractivity contribution in [2.45, 2.75) is 32.2 Å². The maximum absolute atomic E-state index is 5.12. The molecule has 2 aromatic rings. The number of aryl methyl sites for hydroxylation is 2. The van der Waals surface area contributed by atoms with Crippen molar-refractivity contribution in [1.82, 2.24) is 10.3 Å². The monoisotopic (exact) mass is 294 g/mol. The molecular weight excluding hydrogens is 272 g/mol. The number of ether oxygens (including phenoxy) is 1. The average molecular weight is 295 g/mol. The van der Waals surface area contributed by atoms with Gasteiger partial charge in [-0.05, 0) is 43.9 Å². The lowest BCUT2D eigenvalue weighted by atomic mass is 9.91. The minimum absolute atomic E-state index is 0. The predicted octanol–water partition coefficient (Wildman–Crippen LogP) is 3.51. The number of halogens is 1. The number of hydrogen-bond donors (Lipinski definition) is 2. The molecule has 1 aliphatic rings. The molecule has 0 saturated heterocycles. The fourth-order valence-corrected chi connectivity index (χ4v) is 3.12. The van der Waals surface area contributed by atoms with E-state index in [1.165, 1.54) is 47.0 Å². The van der Waals surface area contributed by atoms with Crippen LogP contribution in [0.15, 0.2) is 18.2 Å². The molecule has 0 amide bonds. The first-order chi connectivity index (χ1) is 9.29. The minimum atomic E-state index is 0. The van der Waals surface area contributed by atoms with Crippen molar-refractivity contribution in [1.29, 1.82) is 0 Å². The van der Waals surface area contributed by atoms with Crippen molar-refractivity contribution < 1.29 is 4.74 Å². The maximum Gasteiger partial charge on any atom is 0.0587 e. The SMILES string of the molecule is COCCNC1CCCc2c1[nH]c1ccc(C)cc21.Cl. The van der Waals surface area contributed by atoms with E-state index in [-0.39, 0.29) is 12.4 Å². The Labute approximate surface area is 126 Å². The van der Waals surface area contributed by atoms with Crippen molar-refractivity contribution in [2.75, 3.05) is 20.3 Å². The third-order valence-corrected chi connectivity index (χ3v) is 4.06. The van der Waals surface area contributed by atoms with Crippen LogP contribution in [0.2, 0.25) is 0 Å². The van der Waals surface area contributed by atoms with E-state index in [2.05, 4.69) is 35.4 Å². The van der Waals surface area contributed by atoms with Crippen LogP contribution in [0.4, 0.5) is 0 Å². The van der Waals surface area contributed by atoms with Gasteiger partial charge in [-0.1, -0.05) is 11.6 Å². The van der Waals surface area contributed by atoms with Gasteiger partial charge >= 0.3 is 0 Å². The average Bonchev–Trinajstić information content (AvgIpc) is 2.78. The summed E-state index contributed by atoms with van der Waals surface area (Å²) < 4.78 is 5.12. The topological polar surface area (TPSA) is 37.0 Å². The van der Waals surface area contributed by atoms with Gasteiger partial charge in [0.15, 0.2) is 0 Å². The lowest BCUT2D eigenvalue weighted by molar-refractivity contribution is 0.194. The quantitative estimate of drug-likeness (QED) is 0.847. The molecule has 3 nitrogen and oxygen atoms in total. The number of nitrogens with one attached hydrogen (secondary N) is 2. The molecule has 1 aromatic carbocycles. The van der Waals surface area contributed by atoms with E-state index in [9.17, 15) is 0 Å². The van der Waals surface area contributed by atoms with E-state index in [0.29, 0.717) is 6.04 Å². The summed E-state index contributed by atoms with van der Waals surface area (Å²) in [5.74, 6) is 0. The second-order valence-corrected chi connectivity index (χ2v) is 5.46. The Morgan fingerprint density at radius 3 is 3.05 bits per heavy atom. The Balaban J connectivity index is 0.00000147. The standard InChI is InChI=1S/C16H22N2O.ClH/c1-11-6-7-14-13(10-11)12-4-3-5-15(16(12)18-14)17-8-9-19-2;/h6-7,10,15,17-18H,3-5,8-9H2,1-2H3;1H. The van der Waals surface area contributed by atoms with Crippen molar-refractivity contribution >= 4 is 23.3 Å². The fourth-order valence-electron chi connectivity index (χ4n) is 3.12. The normalized spacial score (nSPS) is 17.8. The van der Waals surface area contributed by atoms with Gasteiger partial charge in [0, 0.05) is 36.3 Å². The fraction of sp³-hybridized carbons (Fsp3) is 0.500. The van der Waals surface area contributed by atoms with Crippen LogP contribution in [0.25, 0.3) is 10.9 Å². The first-order valence-corrected chi connectivity index (χ1v) is 7.13. The van der Waals surface area contributed by atoms with Crippen LogP contribution in [-0.4, -0.2) is 25.2 Å². The second-order valence-electron chi connectivity index (χ2n) is 5.46. The van der Waals surface area contributed by atoms with Crippen LogP contribution in [0.3, 0.4) is 0 Å². The third kappa shape index (κ3) is 2.85. The second kappa shape index (κ2) is 6.61. The van der Waals surface area contributed by atoms with Crippen LogP contribution in [-0.2, 0) is 11.2 Å². The minimum Gasteiger partial charge on any atom is -0.383 e. The number of methoxy groups -OCH3 is 1. The molecule has 0 saturated carbocycles. The largest absolute Gasteiger partial charge is 0.383 e. The van der Waals surface area contributed by atoms with E-state index in [1.807, 2.05) is 0 Å². The van der Waals surface area contributed by atoms with Gasteiger partial charge in [-0.25, -0.2) is 0 Å². The molecule has 20 heavy (non-hydrogen) atoms. The van der Waals surface area contributed by atoms with Crippen molar-refractivity contribution in [3.63, 3.8) is 0 Å². The zero-order chi connectivity index (χ0) is 13.2. The number of aromatic nitrogens is 1. The van der Waals surface area contributed by atoms with Crippen molar-refractivity contribution in [2.24, 2.45) is 0 Å². The van der Waals surface area contributed by atoms with Gasteiger partial charge in [-0.3, -0.25) is 0 Å². The van der Waals surface area contributed by atoms with Crippen LogP contribution < -0.4 is 5.32 Å². The Morgan fingerprint density at radius 2 is 2.25 bits per heavy atom. The molecule has 2 N–H and O–H groups in total. The first kappa shape index (κ1) is 15.4. The van der Waals surface area contributed by atoms with Gasteiger partial charge in [-0.15, -0.1) is 12.4 Å². The third-order valence-electron chi connectivity index (χ3n) is 4.06. The zero-order valence-electron chi connectivity index (χ0n) is 12.2. The van der Waals surface area contributed by atoms with Crippen LogP contribution in [0.1, 0.15) is 35.7 Å².